The lowest BCUT2D eigenvalue weighted by Crippen LogP contribution is -2.21. The molecule has 4 aliphatic rings. The zero-order valence-corrected chi connectivity index (χ0v) is 18.1. The lowest BCUT2D eigenvalue weighted by atomic mass is 9.80. The van der Waals surface area contributed by atoms with Crippen LogP contribution in [0, 0.1) is 5.92 Å². The molecule has 7 rings (SSSR count). The Bertz CT molecular complexity index is 1390. The van der Waals surface area contributed by atoms with Crippen molar-refractivity contribution < 1.29 is 0 Å². The second-order valence-electron chi connectivity index (χ2n) is 9.29. The smallest absolute Gasteiger partial charge is 0.0459 e. The molecule has 1 atom stereocenters. The molecule has 1 unspecified atom stereocenters. The van der Waals surface area contributed by atoms with E-state index in [0.29, 0.717) is 5.92 Å². The van der Waals surface area contributed by atoms with E-state index in [1.807, 2.05) is 0 Å². The number of aromatic amines is 1. The molecule has 0 amide bonds. The predicted octanol–water partition coefficient (Wildman–Crippen LogP) is 7.15. The SMILES string of the molecule is C1=CC2=C(CC1)N(c1ccccc1)C1=CC=C(C3=CCc4[nH]c5ccccc5c4C3)CC12. The van der Waals surface area contributed by atoms with Crippen molar-refractivity contribution in [2.24, 2.45) is 5.92 Å². The van der Waals surface area contributed by atoms with Gasteiger partial charge in [0.25, 0.3) is 0 Å². The Labute approximate surface area is 189 Å². The number of anilines is 1. The summed E-state index contributed by atoms with van der Waals surface area (Å²) < 4.78 is 0. The summed E-state index contributed by atoms with van der Waals surface area (Å²) in [6.45, 7) is 0. The maximum absolute atomic E-state index is 3.64. The first-order valence-electron chi connectivity index (χ1n) is 11.8. The van der Waals surface area contributed by atoms with E-state index >= 15 is 0 Å². The van der Waals surface area contributed by atoms with Gasteiger partial charge >= 0.3 is 0 Å². The third kappa shape index (κ3) is 2.65. The van der Waals surface area contributed by atoms with Crippen molar-refractivity contribution in [2.45, 2.75) is 32.1 Å². The summed E-state index contributed by atoms with van der Waals surface area (Å²) in [5, 5.41) is 1.39. The molecule has 32 heavy (non-hydrogen) atoms. The van der Waals surface area contributed by atoms with Crippen LogP contribution in [-0.4, -0.2) is 4.98 Å². The van der Waals surface area contributed by atoms with Crippen molar-refractivity contribution >= 4 is 16.6 Å². The third-order valence-electron chi connectivity index (χ3n) is 7.57. The summed E-state index contributed by atoms with van der Waals surface area (Å²) in [4.78, 5) is 6.17. The maximum atomic E-state index is 3.64. The third-order valence-corrected chi connectivity index (χ3v) is 7.57. The van der Waals surface area contributed by atoms with Crippen LogP contribution in [0.5, 0.6) is 0 Å². The molecule has 3 aromatic rings. The summed E-state index contributed by atoms with van der Waals surface area (Å²) in [5.74, 6) is 0.465. The van der Waals surface area contributed by atoms with Crippen LogP contribution in [0.2, 0.25) is 0 Å². The molecule has 2 heteroatoms. The zero-order chi connectivity index (χ0) is 21.1. The van der Waals surface area contributed by atoms with Crippen molar-refractivity contribution in [3.63, 3.8) is 0 Å². The number of benzene rings is 2. The standard InChI is InChI=1S/C30H26N2/c1-2-8-22(9-3-1)32-29-13-7-5-11-24(29)26-19-21(15-17-30(26)32)20-14-16-28-25(18-20)23-10-4-6-12-27(23)31-28/h1-6,8-12,14-15,17,26,31H,7,13,16,18-19H2. The quantitative estimate of drug-likeness (QED) is 0.472. The first-order valence-corrected chi connectivity index (χ1v) is 11.8. The van der Waals surface area contributed by atoms with E-state index in [-0.39, 0.29) is 0 Å². The normalized spacial score (nSPS) is 21.7. The first kappa shape index (κ1) is 18.1. The zero-order valence-electron chi connectivity index (χ0n) is 18.1. The number of H-pyrrole nitrogens is 1. The van der Waals surface area contributed by atoms with E-state index in [1.165, 1.54) is 56.0 Å². The van der Waals surface area contributed by atoms with Crippen LogP contribution in [-0.2, 0) is 12.8 Å². The Kier molecular flexibility index (Phi) is 3.96. The highest BCUT2D eigenvalue weighted by molar-refractivity contribution is 5.85. The lowest BCUT2D eigenvalue weighted by Gasteiger charge is -2.29. The Morgan fingerprint density at radius 3 is 2.72 bits per heavy atom. The largest absolute Gasteiger partial charge is 0.358 e. The molecular formula is C30H26N2. The van der Waals surface area contributed by atoms with Crippen LogP contribution in [0.1, 0.15) is 30.5 Å². The van der Waals surface area contributed by atoms with Gasteiger partial charge in [-0.15, -0.1) is 0 Å². The minimum Gasteiger partial charge on any atom is -0.358 e. The van der Waals surface area contributed by atoms with Gasteiger partial charge in [0, 0.05) is 46.0 Å². The molecule has 2 nitrogen and oxygen atoms in total. The fourth-order valence-corrected chi connectivity index (χ4v) is 6.06. The average molecular weight is 415 g/mol. The number of rotatable bonds is 2. The molecule has 3 aliphatic carbocycles. The van der Waals surface area contributed by atoms with Gasteiger partial charge in [-0.1, -0.05) is 60.7 Å². The Hall–Kier alpha value is -3.52. The van der Waals surface area contributed by atoms with E-state index in [9.17, 15) is 0 Å². The summed E-state index contributed by atoms with van der Waals surface area (Å²) >= 11 is 0. The Morgan fingerprint density at radius 1 is 0.906 bits per heavy atom. The molecule has 1 N–H and O–H groups in total. The fourth-order valence-electron chi connectivity index (χ4n) is 6.06. The summed E-state index contributed by atoms with van der Waals surface area (Å²) in [6, 6.07) is 19.6. The second-order valence-corrected chi connectivity index (χ2v) is 9.29. The molecule has 0 saturated carbocycles. The van der Waals surface area contributed by atoms with Crippen molar-refractivity contribution in [2.75, 3.05) is 4.90 Å². The number of aromatic nitrogens is 1. The minimum atomic E-state index is 0.465. The van der Waals surface area contributed by atoms with E-state index in [1.54, 1.807) is 0 Å². The highest BCUT2D eigenvalue weighted by atomic mass is 15.2. The van der Waals surface area contributed by atoms with Crippen LogP contribution >= 0.6 is 0 Å². The van der Waals surface area contributed by atoms with Gasteiger partial charge in [-0.25, -0.2) is 0 Å². The molecule has 1 aliphatic heterocycles. The minimum absolute atomic E-state index is 0.465. The first-order chi connectivity index (χ1) is 15.9. The molecule has 0 spiro atoms. The van der Waals surface area contributed by atoms with E-state index in [0.717, 1.165) is 32.1 Å². The van der Waals surface area contributed by atoms with Crippen LogP contribution in [0.3, 0.4) is 0 Å². The number of nitrogens with zero attached hydrogens (tertiary/aromatic N) is 1. The molecule has 0 saturated heterocycles. The van der Waals surface area contributed by atoms with Gasteiger partial charge in [-0.3, -0.25) is 0 Å². The number of fused-ring (bicyclic) bond motifs is 5. The van der Waals surface area contributed by atoms with Crippen LogP contribution in [0.15, 0.2) is 113 Å². The highest BCUT2D eigenvalue weighted by Gasteiger charge is 2.38. The van der Waals surface area contributed by atoms with E-state index < -0.39 is 0 Å². The summed E-state index contributed by atoms with van der Waals surface area (Å²) in [5.41, 5.74) is 12.9. The molecule has 156 valence electrons. The van der Waals surface area contributed by atoms with Crippen LogP contribution < -0.4 is 4.90 Å². The Balaban J connectivity index is 1.26. The van der Waals surface area contributed by atoms with Gasteiger partial charge in [-0.2, -0.15) is 0 Å². The molecule has 0 radical (unpaired) electrons. The van der Waals surface area contributed by atoms with Crippen molar-refractivity contribution in [3.8, 4) is 0 Å². The second kappa shape index (κ2) is 7.00. The van der Waals surface area contributed by atoms with E-state index in [4.69, 9.17) is 0 Å². The highest BCUT2D eigenvalue weighted by Crippen LogP contribution is 2.49. The van der Waals surface area contributed by atoms with Gasteiger partial charge in [0.2, 0.25) is 0 Å². The van der Waals surface area contributed by atoms with Crippen molar-refractivity contribution in [1.82, 2.24) is 4.98 Å². The van der Waals surface area contributed by atoms with Gasteiger partial charge in [0.1, 0.15) is 0 Å². The van der Waals surface area contributed by atoms with Crippen molar-refractivity contribution in [3.05, 3.63) is 124 Å². The summed E-state index contributed by atoms with van der Waals surface area (Å²) in [6.07, 6.45) is 17.4. The van der Waals surface area contributed by atoms with Gasteiger partial charge in [-0.05, 0) is 72.2 Å². The van der Waals surface area contributed by atoms with Gasteiger partial charge in [0.05, 0.1) is 0 Å². The number of allylic oxidation sites excluding steroid dienone is 9. The predicted molar refractivity (Wildman–Crippen MR) is 132 cm³/mol. The Morgan fingerprint density at radius 2 is 1.78 bits per heavy atom. The average Bonchev–Trinajstić information content (AvgIpc) is 3.39. The molecule has 1 aromatic heterocycles. The van der Waals surface area contributed by atoms with Gasteiger partial charge in [0.15, 0.2) is 0 Å². The number of hydrogen-bond donors (Lipinski definition) is 1. The van der Waals surface area contributed by atoms with Crippen LogP contribution in [0.25, 0.3) is 10.9 Å². The molecule has 2 heterocycles. The number of hydrogen-bond acceptors (Lipinski definition) is 1. The topological polar surface area (TPSA) is 19.0 Å². The van der Waals surface area contributed by atoms with E-state index in [2.05, 4.69) is 94.9 Å². The molecule has 2 aromatic carbocycles. The number of nitrogens with one attached hydrogen (secondary N) is 1. The lowest BCUT2D eigenvalue weighted by molar-refractivity contribution is 0.717. The monoisotopic (exact) mass is 414 g/mol. The fraction of sp³-hybridized carbons (Fsp3) is 0.200. The summed E-state index contributed by atoms with van der Waals surface area (Å²) in [7, 11) is 0. The molecular weight excluding hydrogens is 388 g/mol. The molecule has 0 bridgehead atoms. The van der Waals surface area contributed by atoms with Crippen molar-refractivity contribution in [1.29, 1.82) is 0 Å². The molecule has 0 fully saturated rings. The van der Waals surface area contributed by atoms with Gasteiger partial charge < -0.3 is 9.88 Å². The van der Waals surface area contributed by atoms with Crippen LogP contribution in [0.4, 0.5) is 5.69 Å². The number of para-hydroxylation sites is 2. The maximum Gasteiger partial charge on any atom is 0.0459 e.